The number of pyridine rings is 1. The van der Waals surface area contributed by atoms with Gasteiger partial charge in [0, 0.05) is 75.1 Å². The molecule has 53 heavy (non-hydrogen) atoms. The minimum absolute atomic E-state index is 0.00750. The zero-order valence-electron chi connectivity index (χ0n) is 29.6. The number of fused-ring (bicyclic) bond motifs is 2. The number of ether oxygens (including phenoxy) is 3. The molecule has 1 aliphatic carbocycles. The van der Waals surface area contributed by atoms with E-state index in [-0.39, 0.29) is 41.4 Å². The molecule has 0 bridgehead atoms. The SMILES string of the molecule is O=C(/C=C/CN1CCOCC1)N1CCN(c2nc(OC[C@@]34CCCN3C[C@H](F)C4)nc3c(F)c(-c4cc(O)cc(Cl)c4C4CC4)ncc23)CC12COC2. The molecule has 1 N–H and O–H groups in total. The van der Waals surface area contributed by atoms with Crippen molar-refractivity contribution in [3.05, 3.63) is 46.9 Å². The zero-order valence-corrected chi connectivity index (χ0v) is 30.4. The van der Waals surface area contributed by atoms with Crippen LogP contribution in [0.2, 0.25) is 5.02 Å². The lowest BCUT2D eigenvalue weighted by Crippen LogP contribution is -2.72. The Kier molecular flexibility index (Phi) is 9.17. The summed E-state index contributed by atoms with van der Waals surface area (Å²) in [5.41, 5.74) is 0.201. The Morgan fingerprint density at radius 2 is 1.94 bits per heavy atom. The van der Waals surface area contributed by atoms with E-state index >= 15 is 4.39 Å². The molecule has 282 valence electrons. The van der Waals surface area contributed by atoms with E-state index in [0.717, 1.165) is 50.9 Å². The summed E-state index contributed by atoms with van der Waals surface area (Å²) in [6.45, 7) is 7.06. The maximum absolute atomic E-state index is 17.0. The van der Waals surface area contributed by atoms with Crippen molar-refractivity contribution in [3.8, 4) is 23.0 Å². The van der Waals surface area contributed by atoms with Crippen LogP contribution in [0, 0.1) is 5.82 Å². The first-order chi connectivity index (χ1) is 25.7. The van der Waals surface area contributed by atoms with Gasteiger partial charge in [0.1, 0.15) is 41.1 Å². The number of anilines is 1. The van der Waals surface area contributed by atoms with E-state index in [1.165, 1.54) is 12.1 Å². The second-order valence-electron chi connectivity index (χ2n) is 15.5. The average molecular weight is 752 g/mol. The summed E-state index contributed by atoms with van der Waals surface area (Å²) in [4.78, 5) is 36.0. The van der Waals surface area contributed by atoms with Gasteiger partial charge < -0.3 is 29.1 Å². The van der Waals surface area contributed by atoms with Crippen LogP contribution in [0.4, 0.5) is 14.6 Å². The topological polar surface area (TPSA) is 117 Å². The van der Waals surface area contributed by atoms with Gasteiger partial charge in [-0.2, -0.15) is 9.97 Å². The van der Waals surface area contributed by atoms with Crippen molar-refractivity contribution in [2.75, 3.05) is 90.3 Å². The van der Waals surface area contributed by atoms with Crippen molar-refractivity contribution in [1.82, 2.24) is 29.7 Å². The number of amides is 1. The number of morpholine rings is 1. The number of nitrogens with zero attached hydrogens (tertiary/aromatic N) is 7. The van der Waals surface area contributed by atoms with Gasteiger partial charge >= 0.3 is 6.01 Å². The first-order valence-corrected chi connectivity index (χ1v) is 19.1. The highest BCUT2D eigenvalue weighted by atomic mass is 35.5. The number of rotatable bonds is 9. The molecular weight excluding hydrogens is 708 g/mol. The molecule has 9 rings (SSSR count). The Balaban J connectivity index is 1.05. The molecule has 0 radical (unpaired) electrons. The van der Waals surface area contributed by atoms with E-state index in [1.54, 1.807) is 12.3 Å². The molecule has 3 aromatic rings. The summed E-state index contributed by atoms with van der Waals surface area (Å²) in [5.74, 6) is -0.234. The quantitative estimate of drug-likeness (QED) is 0.315. The minimum atomic E-state index is -0.929. The van der Waals surface area contributed by atoms with E-state index in [9.17, 15) is 14.3 Å². The highest BCUT2D eigenvalue weighted by Gasteiger charge is 2.51. The van der Waals surface area contributed by atoms with Crippen molar-refractivity contribution in [2.45, 2.75) is 55.3 Å². The molecule has 1 spiro atoms. The standard InChI is InChI=1S/C38H44ClF2N7O5/c39-29-16-26(49)15-27(31(29)24-4-5-24)33-32(41)34-28(18-42-33)35(44-36(43-34)53-23-37-6-2-8-47(37)19-25(40)17-37)46-9-10-48(38(20-46)21-52-22-38)30(50)3-1-7-45-11-13-51-14-12-45/h1,3,15-16,18,24-25,49H,2,4-14,17,19-23H2/b3-1+/t25-,37+/m1/s1. The predicted molar refractivity (Wildman–Crippen MR) is 194 cm³/mol. The predicted octanol–water partition coefficient (Wildman–Crippen LogP) is 4.33. The van der Waals surface area contributed by atoms with Crippen molar-refractivity contribution in [1.29, 1.82) is 0 Å². The van der Waals surface area contributed by atoms with Crippen LogP contribution in [0.5, 0.6) is 11.8 Å². The average Bonchev–Trinajstić information content (AvgIpc) is 3.82. The number of aromatic hydroxyl groups is 1. The number of benzene rings is 1. The van der Waals surface area contributed by atoms with Gasteiger partial charge in [0.25, 0.3) is 0 Å². The summed E-state index contributed by atoms with van der Waals surface area (Å²) in [6.07, 6.45) is 8.16. The van der Waals surface area contributed by atoms with Gasteiger partial charge in [-0.1, -0.05) is 17.7 Å². The van der Waals surface area contributed by atoms with Gasteiger partial charge in [-0.25, -0.2) is 8.78 Å². The second-order valence-corrected chi connectivity index (χ2v) is 15.9. The minimum Gasteiger partial charge on any atom is -0.508 e. The highest BCUT2D eigenvalue weighted by Crippen LogP contribution is 2.49. The maximum atomic E-state index is 17.0. The number of hydrogen-bond donors (Lipinski definition) is 1. The lowest BCUT2D eigenvalue weighted by molar-refractivity contribution is -0.164. The van der Waals surface area contributed by atoms with E-state index in [0.29, 0.717) is 87.4 Å². The zero-order chi connectivity index (χ0) is 36.3. The summed E-state index contributed by atoms with van der Waals surface area (Å²) >= 11 is 6.60. The third-order valence-corrected chi connectivity index (χ3v) is 12.2. The first kappa shape index (κ1) is 35.0. The fourth-order valence-corrected chi connectivity index (χ4v) is 9.38. The first-order valence-electron chi connectivity index (χ1n) is 18.7. The van der Waals surface area contributed by atoms with Gasteiger partial charge in [-0.15, -0.1) is 0 Å². The molecule has 0 unspecified atom stereocenters. The largest absolute Gasteiger partial charge is 0.508 e. The van der Waals surface area contributed by atoms with Crippen LogP contribution in [0.25, 0.3) is 22.2 Å². The Morgan fingerprint density at radius 3 is 2.72 bits per heavy atom. The molecule has 5 aliphatic heterocycles. The summed E-state index contributed by atoms with van der Waals surface area (Å²) in [7, 11) is 0. The van der Waals surface area contributed by atoms with E-state index < -0.39 is 23.1 Å². The van der Waals surface area contributed by atoms with Crippen LogP contribution in [0.3, 0.4) is 0 Å². The van der Waals surface area contributed by atoms with E-state index in [4.69, 9.17) is 30.8 Å². The number of halogens is 3. The molecule has 1 amide bonds. The van der Waals surface area contributed by atoms with Crippen LogP contribution in [-0.4, -0.2) is 143 Å². The third kappa shape index (κ3) is 6.49. The number of phenolic OH excluding ortho intramolecular Hbond substituents is 1. The molecule has 2 aromatic heterocycles. The third-order valence-electron chi connectivity index (χ3n) is 11.9. The van der Waals surface area contributed by atoms with Gasteiger partial charge in [-0.3, -0.25) is 19.6 Å². The van der Waals surface area contributed by atoms with Crippen LogP contribution in [-0.2, 0) is 14.3 Å². The molecule has 12 nitrogen and oxygen atoms in total. The van der Waals surface area contributed by atoms with Crippen LogP contribution >= 0.6 is 11.6 Å². The van der Waals surface area contributed by atoms with Gasteiger partial charge in [0.05, 0.1) is 37.4 Å². The lowest BCUT2D eigenvalue weighted by Gasteiger charge is -2.55. The Bertz CT molecular complexity index is 1940. The molecule has 6 fully saturated rings. The van der Waals surface area contributed by atoms with Gasteiger partial charge in [0.2, 0.25) is 5.91 Å². The Labute approximate surface area is 311 Å². The van der Waals surface area contributed by atoms with Crippen LogP contribution < -0.4 is 9.64 Å². The normalized spacial score (nSPS) is 26.1. The van der Waals surface area contributed by atoms with E-state index in [2.05, 4.69) is 19.8 Å². The Morgan fingerprint density at radius 1 is 1.11 bits per heavy atom. The maximum Gasteiger partial charge on any atom is 0.319 e. The second kappa shape index (κ2) is 13.9. The van der Waals surface area contributed by atoms with Crippen LogP contribution in [0.15, 0.2) is 30.5 Å². The molecule has 2 atom stereocenters. The summed E-state index contributed by atoms with van der Waals surface area (Å²) in [5, 5.41) is 11.3. The number of carbonyl (C=O) groups excluding carboxylic acids is 1. The van der Waals surface area contributed by atoms with Crippen molar-refractivity contribution in [3.63, 3.8) is 0 Å². The summed E-state index contributed by atoms with van der Waals surface area (Å²) in [6, 6.07) is 2.97. The molecule has 7 heterocycles. The van der Waals surface area contributed by atoms with Crippen molar-refractivity contribution >= 4 is 34.2 Å². The molecule has 15 heteroatoms. The smallest absolute Gasteiger partial charge is 0.319 e. The number of carbonyl (C=O) groups is 1. The van der Waals surface area contributed by atoms with Crippen molar-refractivity contribution in [2.24, 2.45) is 0 Å². The number of aromatic nitrogens is 3. The molecule has 1 saturated carbocycles. The number of piperazine rings is 1. The summed E-state index contributed by atoms with van der Waals surface area (Å²) < 4.78 is 49.1. The van der Waals surface area contributed by atoms with Gasteiger partial charge in [-0.05, 0) is 55.8 Å². The highest BCUT2D eigenvalue weighted by molar-refractivity contribution is 6.32. The van der Waals surface area contributed by atoms with E-state index in [1.807, 2.05) is 15.9 Å². The fraction of sp³-hybridized carbons (Fsp3) is 0.579. The number of alkyl halides is 1. The molecule has 1 aromatic carbocycles. The monoisotopic (exact) mass is 751 g/mol. The number of phenols is 1. The lowest BCUT2D eigenvalue weighted by atomic mass is 9.91. The molecular formula is C38H44ClF2N7O5. The number of hydrogen-bond acceptors (Lipinski definition) is 11. The molecule has 6 aliphatic rings. The van der Waals surface area contributed by atoms with Gasteiger partial charge in [0.15, 0.2) is 5.82 Å². The van der Waals surface area contributed by atoms with Crippen LogP contribution in [0.1, 0.15) is 43.6 Å². The molecule has 5 saturated heterocycles. The Hall–Kier alpha value is -3.69. The van der Waals surface area contributed by atoms with Crippen molar-refractivity contribution < 1.29 is 32.9 Å². The fourth-order valence-electron chi connectivity index (χ4n) is 9.01.